The lowest BCUT2D eigenvalue weighted by Gasteiger charge is -2.65. The number of fused-ring (bicyclic) bond motifs is 1. The molecule has 4 atom stereocenters. The molecule has 4 aliphatic rings. The average Bonchev–Trinajstić information content (AvgIpc) is 3.35. The lowest BCUT2D eigenvalue weighted by atomic mass is 9.49. The van der Waals surface area contributed by atoms with Crippen molar-refractivity contribution >= 4 is 0 Å². The van der Waals surface area contributed by atoms with Crippen LogP contribution >= 0.6 is 0 Å². The zero-order chi connectivity index (χ0) is 16.6. The number of likely N-dealkylation sites (N-methyl/N-ethyl adjacent to an activating group) is 1. The topological polar surface area (TPSA) is 43.3 Å². The molecule has 0 spiro atoms. The molecule has 5 rings (SSSR count). The van der Waals surface area contributed by atoms with Gasteiger partial charge in [0, 0.05) is 24.2 Å². The number of aliphatic hydroxyl groups is 1. The summed E-state index contributed by atoms with van der Waals surface area (Å²) in [5.41, 5.74) is 1.76. The van der Waals surface area contributed by atoms with Crippen molar-refractivity contribution in [2.45, 2.75) is 68.4 Å². The smallest absolute Gasteiger partial charge is 0.126 e. The molecule has 3 nitrogen and oxygen atoms in total. The van der Waals surface area contributed by atoms with Gasteiger partial charge in [-0.2, -0.15) is 0 Å². The van der Waals surface area contributed by atoms with Crippen LogP contribution in [0.15, 0.2) is 18.2 Å². The second kappa shape index (κ2) is 4.76. The normalized spacial score (nSPS) is 43.8. The van der Waals surface area contributed by atoms with Gasteiger partial charge in [-0.05, 0) is 36.8 Å². The summed E-state index contributed by atoms with van der Waals surface area (Å²) in [5, 5.41) is 24.1. The molecule has 1 saturated heterocycles. The standard InChI is InChI=1S/C21H29NO2/c1-22(14-15-4-5-15)11-10-20-8-2-3-9-21(20,24)19(22)12-16-6-7-17(23)13-18(16)20/h6-7,13,15,19,24H,2-5,8-12,14H2,1H3/t19-,20+,21+,22+/m0/s1. The van der Waals surface area contributed by atoms with Crippen molar-refractivity contribution in [2.24, 2.45) is 5.92 Å². The Balaban J connectivity index is 1.67. The number of piperidine rings is 1. The molecule has 1 aliphatic heterocycles. The number of nitrogens with zero attached hydrogens (tertiary/aromatic N) is 1. The Bertz CT molecular complexity index is 684. The van der Waals surface area contributed by atoms with Crippen molar-refractivity contribution in [3.8, 4) is 5.75 Å². The van der Waals surface area contributed by atoms with Gasteiger partial charge in [-0.3, -0.25) is 0 Å². The minimum absolute atomic E-state index is 0.107. The molecule has 1 aromatic rings. The van der Waals surface area contributed by atoms with Crippen molar-refractivity contribution in [2.75, 3.05) is 20.1 Å². The first-order valence-electron chi connectivity index (χ1n) is 9.84. The van der Waals surface area contributed by atoms with Crippen LogP contribution in [0.25, 0.3) is 0 Å². The zero-order valence-electron chi connectivity index (χ0n) is 14.8. The van der Waals surface area contributed by atoms with Crippen LogP contribution in [-0.4, -0.2) is 41.4 Å². The molecule has 0 aromatic heterocycles. The number of hydrogen-bond donors (Lipinski definition) is 1. The van der Waals surface area contributed by atoms with Gasteiger partial charge in [0.15, 0.2) is 0 Å². The van der Waals surface area contributed by atoms with Crippen LogP contribution in [0.4, 0.5) is 0 Å². The van der Waals surface area contributed by atoms with E-state index in [2.05, 4.69) is 13.1 Å². The van der Waals surface area contributed by atoms with Gasteiger partial charge in [-0.25, -0.2) is 0 Å². The molecule has 0 radical (unpaired) electrons. The third-order valence-corrected chi connectivity index (χ3v) is 7.98. The van der Waals surface area contributed by atoms with E-state index in [-0.39, 0.29) is 11.2 Å². The summed E-state index contributed by atoms with van der Waals surface area (Å²) in [7, 11) is 2.40. The molecular weight excluding hydrogens is 298 g/mol. The van der Waals surface area contributed by atoms with Crippen LogP contribution in [0.2, 0.25) is 0 Å². The minimum Gasteiger partial charge on any atom is -0.872 e. The maximum atomic E-state index is 12.1. The molecule has 3 aliphatic carbocycles. The van der Waals surface area contributed by atoms with E-state index in [0.717, 1.165) is 49.0 Å². The van der Waals surface area contributed by atoms with Crippen molar-refractivity contribution in [3.63, 3.8) is 0 Å². The molecule has 24 heavy (non-hydrogen) atoms. The fourth-order valence-corrected chi connectivity index (χ4v) is 6.61. The van der Waals surface area contributed by atoms with Crippen LogP contribution in [-0.2, 0) is 11.8 Å². The largest absolute Gasteiger partial charge is 0.872 e. The monoisotopic (exact) mass is 327 g/mol. The van der Waals surface area contributed by atoms with Crippen molar-refractivity contribution < 1.29 is 14.7 Å². The van der Waals surface area contributed by atoms with Gasteiger partial charge in [0.05, 0.1) is 20.1 Å². The average molecular weight is 327 g/mol. The predicted octanol–water partition coefficient (Wildman–Crippen LogP) is 2.49. The fraction of sp³-hybridized carbons (Fsp3) is 0.714. The van der Waals surface area contributed by atoms with E-state index in [0.29, 0.717) is 6.04 Å². The highest BCUT2D eigenvalue weighted by molar-refractivity contribution is 5.47. The maximum absolute atomic E-state index is 12.1. The van der Waals surface area contributed by atoms with Crippen LogP contribution < -0.4 is 5.11 Å². The van der Waals surface area contributed by atoms with Gasteiger partial charge >= 0.3 is 0 Å². The van der Waals surface area contributed by atoms with E-state index >= 15 is 0 Å². The molecule has 1 aromatic carbocycles. The fourth-order valence-electron chi connectivity index (χ4n) is 6.61. The van der Waals surface area contributed by atoms with Crippen LogP contribution in [0.3, 0.4) is 0 Å². The molecule has 3 heteroatoms. The SMILES string of the molecule is C[N@+]1(CC2CC2)CC[C@@]23CCCC[C@@]2(O)[C@@H]1Cc1ccc([O-])cc13. The second-order valence-electron chi connectivity index (χ2n) is 9.33. The maximum Gasteiger partial charge on any atom is 0.126 e. The summed E-state index contributed by atoms with van der Waals surface area (Å²) in [5.74, 6) is 0.982. The van der Waals surface area contributed by atoms with Crippen LogP contribution in [0, 0.1) is 5.92 Å². The second-order valence-corrected chi connectivity index (χ2v) is 9.33. The molecule has 1 N–H and O–H groups in total. The van der Waals surface area contributed by atoms with Gasteiger partial charge in [0.25, 0.3) is 0 Å². The van der Waals surface area contributed by atoms with Gasteiger partial charge in [0.1, 0.15) is 11.6 Å². The first-order valence-corrected chi connectivity index (χ1v) is 9.84. The lowest BCUT2D eigenvalue weighted by Crippen LogP contribution is -2.77. The minimum atomic E-state index is -0.617. The predicted molar refractivity (Wildman–Crippen MR) is 91.7 cm³/mol. The summed E-state index contributed by atoms with van der Waals surface area (Å²) >= 11 is 0. The Morgan fingerprint density at radius 1 is 1.21 bits per heavy atom. The van der Waals surface area contributed by atoms with E-state index in [1.54, 1.807) is 6.07 Å². The molecular formula is C21H29NO2. The third-order valence-electron chi connectivity index (χ3n) is 7.98. The zero-order valence-corrected chi connectivity index (χ0v) is 14.8. The Morgan fingerprint density at radius 3 is 2.79 bits per heavy atom. The highest BCUT2D eigenvalue weighted by Crippen LogP contribution is 2.60. The third kappa shape index (κ3) is 1.86. The van der Waals surface area contributed by atoms with Crippen LogP contribution in [0.1, 0.15) is 56.1 Å². The van der Waals surface area contributed by atoms with Crippen molar-refractivity contribution in [3.05, 3.63) is 29.3 Å². The Morgan fingerprint density at radius 2 is 2.00 bits per heavy atom. The van der Waals surface area contributed by atoms with Gasteiger partial charge < -0.3 is 14.7 Å². The Hall–Kier alpha value is -1.06. The number of hydrogen-bond acceptors (Lipinski definition) is 2. The first kappa shape index (κ1) is 15.2. The van der Waals surface area contributed by atoms with Gasteiger partial charge in [-0.1, -0.05) is 31.0 Å². The number of benzene rings is 1. The molecule has 130 valence electrons. The molecule has 3 fully saturated rings. The van der Waals surface area contributed by atoms with Crippen molar-refractivity contribution in [1.29, 1.82) is 0 Å². The highest BCUT2D eigenvalue weighted by Gasteiger charge is 2.68. The van der Waals surface area contributed by atoms with Crippen molar-refractivity contribution in [1.82, 2.24) is 0 Å². The van der Waals surface area contributed by atoms with Gasteiger partial charge in [0.2, 0.25) is 0 Å². The van der Waals surface area contributed by atoms with E-state index in [4.69, 9.17) is 0 Å². The van der Waals surface area contributed by atoms with Gasteiger partial charge in [-0.15, -0.1) is 5.75 Å². The lowest BCUT2D eigenvalue weighted by molar-refractivity contribution is -0.950. The van der Waals surface area contributed by atoms with E-state index < -0.39 is 5.60 Å². The van der Waals surface area contributed by atoms with E-state index in [1.807, 2.05) is 6.07 Å². The van der Waals surface area contributed by atoms with E-state index in [1.165, 1.54) is 36.9 Å². The quantitative estimate of drug-likeness (QED) is 0.848. The molecule has 1 heterocycles. The number of rotatable bonds is 2. The number of quaternary nitrogens is 1. The summed E-state index contributed by atoms with van der Waals surface area (Å²) < 4.78 is 1.04. The summed E-state index contributed by atoms with van der Waals surface area (Å²) in [6, 6.07) is 5.95. The Labute approximate surface area is 144 Å². The summed E-state index contributed by atoms with van der Waals surface area (Å²) in [4.78, 5) is 0. The molecule has 2 saturated carbocycles. The molecule has 2 bridgehead atoms. The first-order chi connectivity index (χ1) is 11.5. The van der Waals surface area contributed by atoms with Crippen LogP contribution in [0.5, 0.6) is 5.75 Å². The summed E-state index contributed by atoms with van der Waals surface area (Å²) in [6.45, 7) is 2.39. The van der Waals surface area contributed by atoms with E-state index in [9.17, 15) is 10.2 Å². The summed E-state index contributed by atoms with van der Waals surface area (Å²) in [6.07, 6.45) is 9.02. The highest BCUT2D eigenvalue weighted by atomic mass is 16.3. The molecule has 0 amide bonds. The molecule has 0 unspecified atom stereocenters. The Kier molecular flexibility index (Phi) is 3.02. The number of likely N-dealkylation sites (tertiary alicyclic amines) is 1.